The first-order chi connectivity index (χ1) is 21.6. The summed E-state index contributed by atoms with van der Waals surface area (Å²) in [5.41, 5.74) is 7.40. The lowest BCUT2D eigenvalue weighted by Crippen LogP contribution is -2.25. The molecule has 0 N–H and O–H groups in total. The maximum Gasteiger partial charge on any atom is 0.194 e. The summed E-state index contributed by atoms with van der Waals surface area (Å²) in [6.45, 7) is 21.1. The number of rotatable bonds is 18. The molecule has 0 aliphatic heterocycles. The van der Waals surface area contributed by atoms with Gasteiger partial charge in [-0.1, -0.05) is 102 Å². The lowest BCUT2D eigenvalue weighted by molar-refractivity contribution is 0.678. The summed E-state index contributed by atoms with van der Waals surface area (Å²) >= 11 is 0. The summed E-state index contributed by atoms with van der Waals surface area (Å²) in [4.78, 5) is 8.77. The van der Waals surface area contributed by atoms with Crippen LogP contribution in [0.4, 0.5) is 11.4 Å². The number of allylic oxidation sites excluding steroid dienone is 1. The lowest BCUT2D eigenvalue weighted by Gasteiger charge is -2.24. The van der Waals surface area contributed by atoms with Crippen molar-refractivity contribution in [2.75, 3.05) is 36.0 Å². The first-order valence-corrected chi connectivity index (χ1v) is 16.6. The van der Waals surface area contributed by atoms with Gasteiger partial charge >= 0.3 is 0 Å². The van der Waals surface area contributed by atoms with Crippen LogP contribution in [0.3, 0.4) is 0 Å². The van der Waals surface area contributed by atoms with Crippen molar-refractivity contribution in [3.63, 3.8) is 0 Å². The van der Waals surface area contributed by atoms with Gasteiger partial charge in [-0.05, 0) is 84.4 Å². The van der Waals surface area contributed by atoms with E-state index in [0.29, 0.717) is 11.3 Å². The quantitative estimate of drug-likeness (QED) is 0.0845. The second kappa shape index (κ2) is 19.1. The molecule has 0 bridgehead atoms. The predicted molar refractivity (Wildman–Crippen MR) is 191 cm³/mol. The van der Waals surface area contributed by atoms with Crippen molar-refractivity contribution in [1.82, 2.24) is 0 Å². The van der Waals surface area contributed by atoms with Gasteiger partial charge in [-0.2, -0.15) is 5.26 Å². The van der Waals surface area contributed by atoms with Gasteiger partial charge in [0.05, 0.1) is 18.2 Å². The van der Waals surface area contributed by atoms with Crippen LogP contribution in [0.1, 0.15) is 101 Å². The Bertz CT molecular complexity index is 1270. The Hall–Kier alpha value is -4.28. The van der Waals surface area contributed by atoms with Crippen molar-refractivity contribution in [2.45, 2.75) is 79.1 Å². The standard InChI is InChI=1S/C40H50N4/c1-6-10-26-43(27-11-7-2)38-22-14-33(15-23-38)30-37(32-41)35-18-20-36(21-19-35)40(42-5)31-34-16-24-39(25-17-34)44(28-12-8-3)29-13-9-4/h14-25,30-31H,6-13,26-29H2,1-4H3/b37-30+,40-31-. The van der Waals surface area contributed by atoms with E-state index in [1.165, 1.54) is 62.7 Å². The summed E-state index contributed by atoms with van der Waals surface area (Å²) in [5, 5.41) is 9.96. The zero-order valence-corrected chi connectivity index (χ0v) is 27.4. The molecule has 0 aromatic heterocycles. The van der Waals surface area contributed by atoms with Gasteiger partial charge < -0.3 is 9.80 Å². The fourth-order valence-corrected chi connectivity index (χ4v) is 5.20. The zero-order chi connectivity index (χ0) is 31.6. The van der Waals surface area contributed by atoms with Gasteiger partial charge in [0.1, 0.15) is 0 Å². The fourth-order valence-electron chi connectivity index (χ4n) is 5.20. The SMILES string of the molecule is [C-]#[N+]/C(=C\c1ccc(N(CCCC)CCCC)cc1)c1ccc(/C(C#N)=C/c2ccc(N(CCCC)CCCC)cc2)cc1. The van der Waals surface area contributed by atoms with Crippen LogP contribution in [0.15, 0.2) is 72.8 Å². The average molecular weight is 587 g/mol. The van der Waals surface area contributed by atoms with Gasteiger partial charge in [-0.25, -0.2) is 4.85 Å². The third-order valence-electron chi connectivity index (χ3n) is 7.99. The number of hydrogen-bond acceptors (Lipinski definition) is 3. The minimum Gasteiger partial charge on any atom is -0.372 e. The Morgan fingerprint density at radius 3 is 1.36 bits per heavy atom. The summed E-state index contributed by atoms with van der Waals surface area (Å²) in [6.07, 6.45) is 13.4. The molecule has 0 heterocycles. The van der Waals surface area contributed by atoms with Crippen molar-refractivity contribution < 1.29 is 0 Å². The highest BCUT2D eigenvalue weighted by atomic mass is 15.1. The van der Waals surface area contributed by atoms with E-state index in [4.69, 9.17) is 6.57 Å². The number of nitrogens with zero attached hydrogens (tertiary/aromatic N) is 4. The van der Waals surface area contributed by atoms with E-state index in [1.807, 2.05) is 36.4 Å². The molecule has 4 heteroatoms. The maximum absolute atomic E-state index is 9.96. The van der Waals surface area contributed by atoms with Crippen molar-refractivity contribution >= 4 is 34.8 Å². The number of hydrogen-bond donors (Lipinski definition) is 0. The summed E-state index contributed by atoms with van der Waals surface area (Å²) in [7, 11) is 0. The molecule has 3 aromatic carbocycles. The van der Waals surface area contributed by atoms with Gasteiger partial charge in [0, 0.05) is 37.6 Å². The number of unbranched alkanes of at least 4 members (excludes halogenated alkanes) is 4. The molecule has 0 amide bonds. The van der Waals surface area contributed by atoms with E-state index in [1.54, 1.807) is 0 Å². The second-order valence-corrected chi connectivity index (χ2v) is 11.5. The van der Waals surface area contributed by atoms with E-state index >= 15 is 0 Å². The van der Waals surface area contributed by atoms with Gasteiger partial charge in [0.2, 0.25) is 0 Å². The van der Waals surface area contributed by atoms with Crippen LogP contribution in [0, 0.1) is 17.9 Å². The van der Waals surface area contributed by atoms with Gasteiger partial charge in [-0.15, -0.1) is 0 Å². The molecule has 0 unspecified atom stereocenters. The molecule has 0 fully saturated rings. The summed E-state index contributed by atoms with van der Waals surface area (Å²) in [5.74, 6) is 0. The molecule has 0 saturated heterocycles. The molecule has 0 saturated carbocycles. The van der Waals surface area contributed by atoms with Gasteiger partial charge in [-0.3, -0.25) is 0 Å². The van der Waals surface area contributed by atoms with Crippen LogP contribution < -0.4 is 9.80 Å². The van der Waals surface area contributed by atoms with Gasteiger partial charge in [0.15, 0.2) is 5.70 Å². The molecular formula is C40H50N4. The molecule has 4 nitrogen and oxygen atoms in total. The fraction of sp³-hybridized carbons (Fsp3) is 0.400. The molecule has 230 valence electrons. The van der Waals surface area contributed by atoms with Crippen LogP contribution in [0.2, 0.25) is 0 Å². The van der Waals surface area contributed by atoms with Crippen molar-refractivity contribution in [1.29, 1.82) is 5.26 Å². The average Bonchev–Trinajstić information content (AvgIpc) is 3.07. The molecule has 3 aromatic rings. The first kappa shape index (κ1) is 34.2. The molecule has 0 aliphatic rings. The van der Waals surface area contributed by atoms with Gasteiger partial charge in [0.25, 0.3) is 0 Å². The molecule has 44 heavy (non-hydrogen) atoms. The smallest absolute Gasteiger partial charge is 0.194 e. The number of benzene rings is 3. The minimum absolute atomic E-state index is 0.590. The van der Waals surface area contributed by atoms with Crippen LogP contribution in [-0.2, 0) is 0 Å². The van der Waals surface area contributed by atoms with E-state index in [9.17, 15) is 5.26 Å². The number of anilines is 2. The molecule has 0 atom stereocenters. The Morgan fingerprint density at radius 2 is 1.00 bits per heavy atom. The highest BCUT2D eigenvalue weighted by molar-refractivity contribution is 5.91. The monoisotopic (exact) mass is 586 g/mol. The Morgan fingerprint density at radius 1 is 0.614 bits per heavy atom. The van der Waals surface area contributed by atoms with Crippen molar-refractivity contribution in [3.05, 3.63) is 106 Å². The zero-order valence-electron chi connectivity index (χ0n) is 27.4. The van der Waals surface area contributed by atoms with Crippen LogP contribution in [0.5, 0.6) is 0 Å². The van der Waals surface area contributed by atoms with E-state index in [0.717, 1.165) is 48.4 Å². The predicted octanol–water partition coefficient (Wildman–Crippen LogP) is 11.0. The van der Waals surface area contributed by atoms with E-state index in [2.05, 4.69) is 96.9 Å². The van der Waals surface area contributed by atoms with Crippen molar-refractivity contribution in [3.8, 4) is 6.07 Å². The minimum atomic E-state index is 0.590. The molecule has 3 rings (SSSR count). The largest absolute Gasteiger partial charge is 0.372 e. The third-order valence-corrected chi connectivity index (χ3v) is 7.99. The Kier molecular flexibility index (Phi) is 14.8. The molecular weight excluding hydrogens is 536 g/mol. The topological polar surface area (TPSA) is 34.6 Å². The van der Waals surface area contributed by atoms with Crippen LogP contribution in [0.25, 0.3) is 28.3 Å². The Labute approximate surface area is 267 Å². The molecule has 0 aliphatic carbocycles. The summed E-state index contributed by atoms with van der Waals surface area (Å²) in [6, 6.07) is 27.2. The highest BCUT2D eigenvalue weighted by Gasteiger charge is 2.09. The normalized spacial score (nSPS) is 11.6. The maximum atomic E-state index is 9.96. The van der Waals surface area contributed by atoms with E-state index < -0.39 is 0 Å². The third kappa shape index (κ3) is 10.5. The van der Waals surface area contributed by atoms with E-state index in [-0.39, 0.29) is 0 Å². The molecule has 0 radical (unpaired) electrons. The van der Waals surface area contributed by atoms with Crippen LogP contribution in [-0.4, -0.2) is 26.2 Å². The van der Waals surface area contributed by atoms with Crippen LogP contribution >= 0.6 is 0 Å². The highest BCUT2D eigenvalue weighted by Crippen LogP contribution is 2.26. The summed E-state index contributed by atoms with van der Waals surface area (Å²) < 4.78 is 0. The number of nitriles is 1. The Balaban J connectivity index is 1.75. The second-order valence-electron chi connectivity index (χ2n) is 11.5. The van der Waals surface area contributed by atoms with Crippen molar-refractivity contribution in [2.24, 2.45) is 0 Å². The first-order valence-electron chi connectivity index (χ1n) is 16.6. The lowest BCUT2D eigenvalue weighted by atomic mass is 10.0. The molecule has 0 spiro atoms.